The molecular weight excluding hydrogens is 200 g/mol. The molecule has 1 heterocycles. The molecule has 1 aromatic rings. The first-order valence-corrected chi connectivity index (χ1v) is 4.27. The molecule has 0 saturated carbocycles. The molecule has 0 aliphatic heterocycles. The molecule has 0 fully saturated rings. The maximum atomic E-state index is 12.1. The Morgan fingerprint density at radius 1 is 1.38 bits per heavy atom. The Bertz CT molecular complexity index is 285. The van der Waals surface area contributed by atoms with Gasteiger partial charge in [-0.3, -0.25) is 4.57 Å². The molecule has 0 saturated heterocycles. The molecule has 0 aliphatic carbocycles. The SMILES string of the molecule is CC(C)c1nnc(Cl)n1CC(F)F. The Morgan fingerprint density at radius 2 is 2.00 bits per heavy atom. The molecule has 0 unspecified atom stereocenters. The van der Waals surface area contributed by atoms with E-state index in [-0.39, 0.29) is 11.2 Å². The van der Waals surface area contributed by atoms with E-state index in [1.807, 2.05) is 13.8 Å². The van der Waals surface area contributed by atoms with Gasteiger partial charge in [0.1, 0.15) is 5.82 Å². The highest BCUT2D eigenvalue weighted by Gasteiger charge is 2.16. The van der Waals surface area contributed by atoms with Crippen molar-refractivity contribution in [1.29, 1.82) is 0 Å². The van der Waals surface area contributed by atoms with Crippen LogP contribution in [0.3, 0.4) is 0 Å². The number of halogens is 3. The van der Waals surface area contributed by atoms with Crippen molar-refractivity contribution in [3.05, 3.63) is 11.1 Å². The molecule has 6 heteroatoms. The quantitative estimate of drug-likeness (QED) is 0.765. The van der Waals surface area contributed by atoms with Crippen LogP contribution in [-0.2, 0) is 6.54 Å². The summed E-state index contributed by atoms with van der Waals surface area (Å²) in [6, 6.07) is 0. The lowest BCUT2D eigenvalue weighted by Crippen LogP contribution is -2.11. The highest BCUT2D eigenvalue weighted by molar-refractivity contribution is 6.28. The first-order valence-electron chi connectivity index (χ1n) is 3.89. The first kappa shape index (κ1) is 10.4. The van der Waals surface area contributed by atoms with Crippen molar-refractivity contribution in [3.63, 3.8) is 0 Å². The van der Waals surface area contributed by atoms with E-state index in [2.05, 4.69) is 10.2 Å². The Kier molecular flexibility index (Phi) is 3.19. The molecule has 1 rings (SSSR count). The van der Waals surface area contributed by atoms with E-state index in [1.54, 1.807) is 0 Å². The third-order valence-corrected chi connectivity index (χ3v) is 1.85. The van der Waals surface area contributed by atoms with Crippen LogP contribution in [0, 0.1) is 0 Å². The Hall–Kier alpha value is -0.710. The molecular formula is C7H10ClF2N3. The van der Waals surface area contributed by atoms with Crippen LogP contribution in [0.1, 0.15) is 25.6 Å². The van der Waals surface area contributed by atoms with E-state index in [0.717, 1.165) is 0 Å². The summed E-state index contributed by atoms with van der Waals surface area (Å²) in [6.45, 7) is 3.25. The molecule has 0 radical (unpaired) electrons. The number of aromatic nitrogens is 3. The lowest BCUT2D eigenvalue weighted by atomic mass is 10.2. The summed E-state index contributed by atoms with van der Waals surface area (Å²) in [5.41, 5.74) is 0. The van der Waals surface area contributed by atoms with Gasteiger partial charge >= 0.3 is 0 Å². The molecule has 74 valence electrons. The van der Waals surface area contributed by atoms with Crippen LogP contribution in [0.15, 0.2) is 0 Å². The van der Waals surface area contributed by atoms with Crippen molar-refractivity contribution in [2.75, 3.05) is 0 Å². The van der Waals surface area contributed by atoms with Crippen LogP contribution < -0.4 is 0 Å². The van der Waals surface area contributed by atoms with Crippen molar-refractivity contribution < 1.29 is 8.78 Å². The highest BCUT2D eigenvalue weighted by Crippen LogP contribution is 2.17. The lowest BCUT2D eigenvalue weighted by Gasteiger charge is -2.08. The Morgan fingerprint density at radius 3 is 2.46 bits per heavy atom. The van der Waals surface area contributed by atoms with E-state index < -0.39 is 13.0 Å². The van der Waals surface area contributed by atoms with Gasteiger partial charge in [-0.2, -0.15) is 0 Å². The predicted molar refractivity (Wildman–Crippen MR) is 45.1 cm³/mol. The molecule has 3 nitrogen and oxygen atoms in total. The van der Waals surface area contributed by atoms with E-state index in [0.29, 0.717) is 5.82 Å². The van der Waals surface area contributed by atoms with Gasteiger partial charge in [0.25, 0.3) is 6.43 Å². The van der Waals surface area contributed by atoms with Gasteiger partial charge in [-0.15, -0.1) is 10.2 Å². The van der Waals surface area contributed by atoms with Gasteiger partial charge in [0.15, 0.2) is 0 Å². The van der Waals surface area contributed by atoms with Crippen molar-refractivity contribution in [3.8, 4) is 0 Å². The molecule has 0 atom stereocenters. The third kappa shape index (κ3) is 2.37. The van der Waals surface area contributed by atoms with Crippen molar-refractivity contribution in [2.24, 2.45) is 0 Å². The van der Waals surface area contributed by atoms with E-state index >= 15 is 0 Å². The largest absolute Gasteiger partial charge is 0.296 e. The van der Waals surface area contributed by atoms with Crippen LogP contribution in [0.2, 0.25) is 5.28 Å². The van der Waals surface area contributed by atoms with Gasteiger partial charge in [0.05, 0.1) is 6.54 Å². The Balaban J connectivity index is 2.94. The first-order chi connectivity index (χ1) is 6.02. The highest BCUT2D eigenvalue weighted by atomic mass is 35.5. The zero-order chi connectivity index (χ0) is 10.0. The monoisotopic (exact) mass is 209 g/mol. The van der Waals surface area contributed by atoms with Gasteiger partial charge in [-0.05, 0) is 11.6 Å². The van der Waals surface area contributed by atoms with Crippen LogP contribution in [0.4, 0.5) is 8.78 Å². The normalized spacial score (nSPS) is 11.6. The molecule has 0 N–H and O–H groups in total. The number of rotatable bonds is 3. The van der Waals surface area contributed by atoms with Crippen LogP contribution >= 0.6 is 11.6 Å². The maximum Gasteiger partial charge on any atom is 0.256 e. The second kappa shape index (κ2) is 4.00. The molecule has 0 aromatic carbocycles. The zero-order valence-electron chi connectivity index (χ0n) is 7.34. The summed E-state index contributed by atoms with van der Waals surface area (Å²) in [5.74, 6) is 0.532. The van der Waals surface area contributed by atoms with E-state index in [9.17, 15) is 8.78 Å². The predicted octanol–water partition coefficient (Wildman–Crippen LogP) is 2.32. The summed E-state index contributed by atoms with van der Waals surface area (Å²) >= 11 is 5.59. The van der Waals surface area contributed by atoms with Crippen LogP contribution in [0.25, 0.3) is 0 Å². The topological polar surface area (TPSA) is 30.7 Å². The minimum absolute atomic E-state index is 0.0176. The number of hydrogen-bond acceptors (Lipinski definition) is 2. The molecule has 0 aliphatic rings. The van der Waals surface area contributed by atoms with Crippen LogP contribution in [0.5, 0.6) is 0 Å². The van der Waals surface area contributed by atoms with Gasteiger partial charge in [-0.1, -0.05) is 13.8 Å². The molecule has 13 heavy (non-hydrogen) atoms. The average Bonchev–Trinajstić information content (AvgIpc) is 2.32. The van der Waals surface area contributed by atoms with Gasteiger partial charge in [-0.25, -0.2) is 8.78 Å². The summed E-state index contributed by atoms with van der Waals surface area (Å²) in [7, 11) is 0. The summed E-state index contributed by atoms with van der Waals surface area (Å²) in [6.07, 6.45) is -2.44. The van der Waals surface area contributed by atoms with E-state index in [4.69, 9.17) is 11.6 Å². The molecule has 0 amide bonds. The fourth-order valence-corrected chi connectivity index (χ4v) is 1.22. The minimum atomic E-state index is -2.44. The number of nitrogens with zero attached hydrogens (tertiary/aromatic N) is 3. The molecule has 1 aromatic heterocycles. The fourth-order valence-electron chi connectivity index (χ4n) is 1.03. The third-order valence-electron chi connectivity index (χ3n) is 1.57. The maximum absolute atomic E-state index is 12.1. The van der Waals surface area contributed by atoms with E-state index in [1.165, 1.54) is 4.57 Å². The van der Waals surface area contributed by atoms with Gasteiger partial charge < -0.3 is 0 Å². The average molecular weight is 210 g/mol. The zero-order valence-corrected chi connectivity index (χ0v) is 8.09. The minimum Gasteiger partial charge on any atom is -0.296 e. The standard InChI is InChI=1S/C7H10ClF2N3/c1-4(2)6-11-12-7(8)13(6)3-5(9)10/h4-5H,3H2,1-2H3. The summed E-state index contributed by atoms with van der Waals surface area (Å²) < 4.78 is 25.4. The summed E-state index contributed by atoms with van der Waals surface area (Å²) in [4.78, 5) is 0. The van der Waals surface area contributed by atoms with Crippen molar-refractivity contribution >= 4 is 11.6 Å². The molecule has 0 spiro atoms. The van der Waals surface area contributed by atoms with Gasteiger partial charge in [0.2, 0.25) is 5.28 Å². The van der Waals surface area contributed by atoms with Crippen LogP contribution in [-0.4, -0.2) is 21.2 Å². The van der Waals surface area contributed by atoms with Gasteiger partial charge in [0, 0.05) is 5.92 Å². The second-order valence-electron chi connectivity index (χ2n) is 2.98. The summed E-state index contributed by atoms with van der Waals surface area (Å²) in [5, 5.41) is 7.27. The molecule has 0 bridgehead atoms. The number of alkyl halides is 2. The van der Waals surface area contributed by atoms with Crippen molar-refractivity contribution in [2.45, 2.75) is 32.7 Å². The second-order valence-corrected chi connectivity index (χ2v) is 3.32. The van der Waals surface area contributed by atoms with Crippen molar-refractivity contribution in [1.82, 2.24) is 14.8 Å². The fraction of sp³-hybridized carbons (Fsp3) is 0.714. The number of hydrogen-bond donors (Lipinski definition) is 0. The smallest absolute Gasteiger partial charge is 0.256 e. The lowest BCUT2D eigenvalue weighted by molar-refractivity contribution is 0.125. The Labute approximate surface area is 79.7 Å².